The van der Waals surface area contributed by atoms with Crippen molar-refractivity contribution in [2.75, 3.05) is 40.3 Å². The standard InChI is InChI=1S/C17H31N3O2/c1-4-9-19-11-7-15(8-12-19)20-10-5-6-14(17(20)22)13-16(21)18(2)3/h14-15H,4-13H2,1-3H3. The molecule has 2 aliphatic heterocycles. The first-order valence-electron chi connectivity index (χ1n) is 8.76. The van der Waals surface area contributed by atoms with Crippen LogP contribution in [0.4, 0.5) is 0 Å². The van der Waals surface area contributed by atoms with Crippen LogP contribution in [0.5, 0.6) is 0 Å². The van der Waals surface area contributed by atoms with Crippen LogP contribution in [0.3, 0.4) is 0 Å². The van der Waals surface area contributed by atoms with Crippen LogP contribution in [0.15, 0.2) is 0 Å². The van der Waals surface area contributed by atoms with Gasteiger partial charge in [0, 0.05) is 52.1 Å². The highest BCUT2D eigenvalue weighted by Crippen LogP contribution is 2.27. The van der Waals surface area contributed by atoms with Gasteiger partial charge < -0.3 is 14.7 Å². The van der Waals surface area contributed by atoms with Crippen LogP contribution in [0.1, 0.15) is 45.4 Å². The molecule has 1 unspecified atom stereocenters. The summed E-state index contributed by atoms with van der Waals surface area (Å²) in [6.45, 7) is 6.46. The Morgan fingerprint density at radius 3 is 2.45 bits per heavy atom. The van der Waals surface area contributed by atoms with Gasteiger partial charge in [-0.25, -0.2) is 0 Å². The average Bonchev–Trinajstić information content (AvgIpc) is 2.50. The molecular formula is C17H31N3O2. The molecule has 5 nitrogen and oxygen atoms in total. The molecule has 2 fully saturated rings. The van der Waals surface area contributed by atoms with Crippen molar-refractivity contribution in [2.45, 2.75) is 51.5 Å². The Morgan fingerprint density at radius 1 is 1.18 bits per heavy atom. The van der Waals surface area contributed by atoms with Crippen molar-refractivity contribution in [3.63, 3.8) is 0 Å². The summed E-state index contributed by atoms with van der Waals surface area (Å²) in [4.78, 5) is 30.8. The fraction of sp³-hybridized carbons (Fsp3) is 0.882. The minimum atomic E-state index is -0.0997. The van der Waals surface area contributed by atoms with E-state index in [2.05, 4.69) is 16.7 Å². The van der Waals surface area contributed by atoms with E-state index in [1.54, 1.807) is 19.0 Å². The first kappa shape index (κ1) is 17.3. The monoisotopic (exact) mass is 309 g/mol. The van der Waals surface area contributed by atoms with Crippen LogP contribution in [0.25, 0.3) is 0 Å². The molecule has 0 N–H and O–H groups in total. The van der Waals surface area contributed by atoms with E-state index in [-0.39, 0.29) is 17.7 Å². The lowest BCUT2D eigenvalue weighted by Gasteiger charge is -2.42. The SMILES string of the molecule is CCCN1CCC(N2CCCC(CC(=O)N(C)C)C2=O)CC1. The van der Waals surface area contributed by atoms with Gasteiger partial charge in [-0.05, 0) is 38.6 Å². The van der Waals surface area contributed by atoms with Crippen LogP contribution in [0, 0.1) is 5.92 Å². The van der Waals surface area contributed by atoms with Gasteiger partial charge in [0.2, 0.25) is 11.8 Å². The normalized spacial score (nSPS) is 24.6. The molecule has 22 heavy (non-hydrogen) atoms. The fourth-order valence-corrected chi connectivity index (χ4v) is 3.69. The molecule has 2 aliphatic rings. The van der Waals surface area contributed by atoms with Crippen molar-refractivity contribution in [3.05, 3.63) is 0 Å². The lowest BCUT2D eigenvalue weighted by molar-refractivity contribution is -0.146. The number of nitrogens with zero attached hydrogens (tertiary/aromatic N) is 3. The molecule has 0 radical (unpaired) electrons. The summed E-state index contributed by atoms with van der Waals surface area (Å²) in [5, 5.41) is 0. The van der Waals surface area contributed by atoms with Crippen LogP contribution >= 0.6 is 0 Å². The molecule has 0 aromatic heterocycles. The molecule has 2 amide bonds. The van der Waals surface area contributed by atoms with Gasteiger partial charge in [0.15, 0.2) is 0 Å². The third-order valence-corrected chi connectivity index (χ3v) is 5.04. The lowest BCUT2D eigenvalue weighted by Crippen LogP contribution is -2.52. The average molecular weight is 309 g/mol. The second-order valence-electron chi connectivity index (χ2n) is 6.94. The summed E-state index contributed by atoms with van der Waals surface area (Å²) in [5.41, 5.74) is 0. The smallest absolute Gasteiger partial charge is 0.226 e. The van der Waals surface area contributed by atoms with E-state index in [1.165, 1.54) is 13.0 Å². The molecule has 2 saturated heterocycles. The highest BCUT2D eigenvalue weighted by molar-refractivity contribution is 5.86. The zero-order chi connectivity index (χ0) is 16.1. The predicted molar refractivity (Wildman–Crippen MR) is 87.5 cm³/mol. The summed E-state index contributed by atoms with van der Waals surface area (Å²) in [6.07, 6.45) is 5.63. The Bertz CT molecular complexity index is 389. The van der Waals surface area contributed by atoms with Gasteiger partial charge in [0.05, 0.1) is 0 Å². The minimum absolute atomic E-state index is 0.0676. The Labute approximate surface area is 134 Å². The lowest BCUT2D eigenvalue weighted by atomic mass is 9.90. The van der Waals surface area contributed by atoms with Crippen molar-refractivity contribution < 1.29 is 9.59 Å². The van der Waals surface area contributed by atoms with E-state index in [0.29, 0.717) is 12.5 Å². The van der Waals surface area contributed by atoms with Crippen LogP contribution in [0.2, 0.25) is 0 Å². The molecule has 0 aliphatic carbocycles. The summed E-state index contributed by atoms with van der Waals surface area (Å²) in [7, 11) is 3.52. The topological polar surface area (TPSA) is 43.9 Å². The van der Waals surface area contributed by atoms with Gasteiger partial charge in [0.25, 0.3) is 0 Å². The molecule has 2 heterocycles. The first-order valence-corrected chi connectivity index (χ1v) is 8.76. The van der Waals surface area contributed by atoms with Gasteiger partial charge in [-0.2, -0.15) is 0 Å². The second kappa shape index (κ2) is 7.95. The summed E-state index contributed by atoms with van der Waals surface area (Å²) < 4.78 is 0. The number of hydrogen-bond acceptors (Lipinski definition) is 3. The first-order chi connectivity index (χ1) is 10.5. The van der Waals surface area contributed by atoms with Gasteiger partial charge in [-0.15, -0.1) is 0 Å². The van der Waals surface area contributed by atoms with Crippen LogP contribution in [-0.2, 0) is 9.59 Å². The predicted octanol–water partition coefficient (Wildman–Crippen LogP) is 1.58. The van der Waals surface area contributed by atoms with Crippen molar-refractivity contribution in [2.24, 2.45) is 5.92 Å². The van der Waals surface area contributed by atoms with Crippen molar-refractivity contribution in [1.29, 1.82) is 0 Å². The zero-order valence-electron chi connectivity index (χ0n) is 14.4. The van der Waals surface area contributed by atoms with Crippen LogP contribution in [-0.4, -0.2) is 72.8 Å². The van der Waals surface area contributed by atoms with E-state index < -0.39 is 0 Å². The number of amides is 2. The summed E-state index contributed by atoms with van der Waals surface area (Å²) in [5.74, 6) is 0.186. The van der Waals surface area contributed by atoms with E-state index in [0.717, 1.165) is 45.3 Å². The molecule has 5 heteroatoms. The van der Waals surface area contributed by atoms with Crippen molar-refractivity contribution in [1.82, 2.24) is 14.7 Å². The van der Waals surface area contributed by atoms with Gasteiger partial charge in [0.1, 0.15) is 0 Å². The second-order valence-corrected chi connectivity index (χ2v) is 6.94. The molecule has 126 valence electrons. The number of carbonyl (C=O) groups excluding carboxylic acids is 2. The zero-order valence-corrected chi connectivity index (χ0v) is 14.4. The molecular weight excluding hydrogens is 278 g/mol. The number of piperidine rings is 2. The molecule has 0 aromatic carbocycles. The molecule has 1 atom stereocenters. The third kappa shape index (κ3) is 4.22. The quantitative estimate of drug-likeness (QED) is 0.774. The Hall–Kier alpha value is -1.10. The Kier molecular flexibility index (Phi) is 6.24. The minimum Gasteiger partial charge on any atom is -0.349 e. The summed E-state index contributed by atoms with van der Waals surface area (Å²) in [6, 6.07) is 0.387. The number of likely N-dealkylation sites (tertiary alicyclic amines) is 2. The third-order valence-electron chi connectivity index (χ3n) is 5.04. The van der Waals surface area contributed by atoms with Crippen LogP contribution < -0.4 is 0 Å². The van der Waals surface area contributed by atoms with E-state index >= 15 is 0 Å². The van der Waals surface area contributed by atoms with Gasteiger partial charge >= 0.3 is 0 Å². The number of hydrogen-bond donors (Lipinski definition) is 0. The molecule has 2 rings (SSSR count). The van der Waals surface area contributed by atoms with E-state index in [9.17, 15) is 9.59 Å². The Balaban J connectivity index is 1.89. The van der Waals surface area contributed by atoms with Gasteiger partial charge in [-0.3, -0.25) is 9.59 Å². The van der Waals surface area contributed by atoms with Crippen molar-refractivity contribution in [3.8, 4) is 0 Å². The van der Waals surface area contributed by atoms with Gasteiger partial charge in [-0.1, -0.05) is 6.92 Å². The maximum Gasteiger partial charge on any atom is 0.226 e. The molecule has 0 aromatic rings. The maximum atomic E-state index is 12.7. The highest BCUT2D eigenvalue weighted by Gasteiger charge is 2.35. The van der Waals surface area contributed by atoms with E-state index in [4.69, 9.17) is 0 Å². The molecule has 0 bridgehead atoms. The fourth-order valence-electron chi connectivity index (χ4n) is 3.69. The number of carbonyl (C=O) groups is 2. The summed E-state index contributed by atoms with van der Waals surface area (Å²) >= 11 is 0. The molecule has 0 saturated carbocycles. The van der Waals surface area contributed by atoms with E-state index in [1.807, 2.05) is 0 Å². The number of rotatable bonds is 5. The van der Waals surface area contributed by atoms with Crippen molar-refractivity contribution >= 4 is 11.8 Å². The Morgan fingerprint density at radius 2 is 1.86 bits per heavy atom. The molecule has 0 spiro atoms. The largest absolute Gasteiger partial charge is 0.349 e. The maximum absolute atomic E-state index is 12.7. The highest BCUT2D eigenvalue weighted by atomic mass is 16.2.